The SMILES string of the molecule is O=C(NCCc1nc2ccccc2[nH]1)c1ccc(Br)cn1. The first-order valence-electron chi connectivity index (χ1n) is 6.56. The van der Waals surface area contributed by atoms with Gasteiger partial charge in [0, 0.05) is 23.6 Å². The number of nitrogens with one attached hydrogen (secondary N) is 2. The van der Waals surface area contributed by atoms with Crippen LogP contribution in [0.15, 0.2) is 47.1 Å². The number of fused-ring (bicyclic) bond motifs is 1. The summed E-state index contributed by atoms with van der Waals surface area (Å²) < 4.78 is 0.848. The number of hydrogen-bond acceptors (Lipinski definition) is 3. The van der Waals surface area contributed by atoms with Gasteiger partial charge in [-0.05, 0) is 40.2 Å². The number of H-pyrrole nitrogens is 1. The second-order valence-electron chi connectivity index (χ2n) is 4.57. The quantitative estimate of drug-likeness (QED) is 0.764. The fourth-order valence-corrected chi connectivity index (χ4v) is 2.25. The van der Waals surface area contributed by atoms with E-state index in [0.717, 1.165) is 21.3 Å². The third kappa shape index (κ3) is 3.28. The van der Waals surface area contributed by atoms with Gasteiger partial charge in [-0.2, -0.15) is 0 Å². The maximum atomic E-state index is 11.9. The van der Waals surface area contributed by atoms with Crippen LogP contribution >= 0.6 is 15.9 Å². The van der Waals surface area contributed by atoms with Gasteiger partial charge in [0.25, 0.3) is 5.91 Å². The molecule has 0 unspecified atom stereocenters. The first-order valence-corrected chi connectivity index (χ1v) is 7.35. The average molecular weight is 345 g/mol. The molecule has 5 nitrogen and oxygen atoms in total. The molecule has 0 atom stereocenters. The standard InChI is InChI=1S/C15H13BrN4O/c16-10-5-6-13(18-9-10)15(21)17-8-7-14-19-11-3-1-2-4-12(11)20-14/h1-6,9H,7-8H2,(H,17,21)(H,19,20). The smallest absolute Gasteiger partial charge is 0.269 e. The molecule has 0 saturated carbocycles. The van der Waals surface area contributed by atoms with Crippen LogP contribution < -0.4 is 5.32 Å². The van der Waals surface area contributed by atoms with Crippen LogP contribution in [0.25, 0.3) is 11.0 Å². The molecular weight excluding hydrogens is 332 g/mol. The Labute approximate surface area is 129 Å². The van der Waals surface area contributed by atoms with Crippen molar-refractivity contribution in [2.24, 2.45) is 0 Å². The summed E-state index contributed by atoms with van der Waals surface area (Å²) in [6.45, 7) is 0.510. The van der Waals surface area contributed by atoms with Crippen molar-refractivity contribution in [2.75, 3.05) is 6.54 Å². The Morgan fingerprint density at radius 1 is 1.24 bits per heavy atom. The molecule has 0 fully saturated rings. The Morgan fingerprint density at radius 3 is 2.86 bits per heavy atom. The monoisotopic (exact) mass is 344 g/mol. The van der Waals surface area contributed by atoms with E-state index in [1.165, 1.54) is 0 Å². The molecule has 3 rings (SSSR count). The van der Waals surface area contributed by atoms with E-state index in [2.05, 4.69) is 36.2 Å². The second kappa shape index (κ2) is 6.05. The van der Waals surface area contributed by atoms with Gasteiger partial charge in [-0.25, -0.2) is 9.97 Å². The summed E-state index contributed by atoms with van der Waals surface area (Å²) in [6.07, 6.45) is 2.26. The van der Waals surface area contributed by atoms with E-state index in [9.17, 15) is 4.79 Å². The molecule has 21 heavy (non-hydrogen) atoms. The molecule has 1 aromatic carbocycles. The number of halogens is 1. The van der Waals surface area contributed by atoms with Crippen LogP contribution in [0.1, 0.15) is 16.3 Å². The zero-order valence-electron chi connectivity index (χ0n) is 11.1. The van der Waals surface area contributed by atoms with E-state index in [-0.39, 0.29) is 5.91 Å². The summed E-state index contributed by atoms with van der Waals surface area (Å²) in [5.74, 6) is 0.680. The Balaban J connectivity index is 1.58. The molecule has 2 N–H and O–H groups in total. The van der Waals surface area contributed by atoms with Crippen LogP contribution in [0.5, 0.6) is 0 Å². The third-order valence-electron chi connectivity index (χ3n) is 3.05. The number of carbonyl (C=O) groups is 1. The van der Waals surface area contributed by atoms with Crippen molar-refractivity contribution in [2.45, 2.75) is 6.42 Å². The van der Waals surface area contributed by atoms with Gasteiger partial charge in [0.15, 0.2) is 0 Å². The maximum Gasteiger partial charge on any atom is 0.269 e. The average Bonchev–Trinajstić information content (AvgIpc) is 2.90. The summed E-state index contributed by atoms with van der Waals surface area (Å²) in [4.78, 5) is 23.7. The summed E-state index contributed by atoms with van der Waals surface area (Å²) in [5.41, 5.74) is 2.35. The van der Waals surface area contributed by atoms with Crippen molar-refractivity contribution in [3.8, 4) is 0 Å². The van der Waals surface area contributed by atoms with Gasteiger partial charge in [0.05, 0.1) is 11.0 Å². The normalized spacial score (nSPS) is 10.7. The number of nitrogens with zero attached hydrogens (tertiary/aromatic N) is 2. The van der Waals surface area contributed by atoms with Crippen LogP contribution in [0, 0.1) is 0 Å². The molecule has 0 bridgehead atoms. The number of aromatic amines is 1. The summed E-state index contributed by atoms with van der Waals surface area (Å²) in [5, 5.41) is 2.83. The summed E-state index contributed by atoms with van der Waals surface area (Å²) >= 11 is 3.29. The Morgan fingerprint density at radius 2 is 2.10 bits per heavy atom. The molecular formula is C15H13BrN4O. The maximum absolute atomic E-state index is 11.9. The second-order valence-corrected chi connectivity index (χ2v) is 5.48. The van der Waals surface area contributed by atoms with Crippen molar-refractivity contribution in [3.05, 3.63) is 58.6 Å². The minimum Gasteiger partial charge on any atom is -0.350 e. The fourth-order valence-electron chi connectivity index (χ4n) is 2.02. The van der Waals surface area contributed by atoms with Crippen LogP contribution in [-0.4, -0.2) is 27.4 Å². The first kappa shape index (κ1) is 13.8. The van der Waals surface area contributed by atoms with Crippen molar-refractivity contribution in [1.29, 1.82) is 0 Å². The number of benzene rings is 1. The van der Waals surface area contributed by atoms with E-state index < -0.39 is 0 Å². The molecule has 0 spiro atoms. The predicted molar refractivity (Wildman–Crippen MR) is 84.1 cm³/mol. The Kier molecular flexibility index (Phi) is 3.96. The van der Waals surface area contributed by atoms with Crippen LogP contribution in [0.2, 0.25) is 0 Å². The lowest BCUT2D eigenvalue weighted by molar-refractivity contribution is 0.0949. The van der Waals surface area contributed by atoms with Crippen LogP contribution in [-0.2, 0) is 6.42 Å². The minimum absolute atomic E-state index is 0.182. The lowest BCUT2D eigenvalue weighted by Gasteiger charge is -2.03. The van der Waals surface area contributed by atoms with Gasteiger partial charge >= 0.3 is 0 Å². The van der Waals surface area contributed by atoms with Crippen molar-refractivity contribution in [3.63, 3.8) is 0 Å². The fraction of sp³-hybridized carbons (Fsp3) is 0.133. The van der Waals surface area contributed by atoms with Gasteiger partial charge in [-0.1, -0.05) is 12.1 Å². The van der Waals surface area contributed by atoms with Gasteiger partial charge in [-0.3, -0.25) is 4.79 Å². The summed E-state index contributed by atoms with van der Waals surface area (Å²) in [6, 6.07) is 11.3. The van der Waals surface area contributed by atoms with E-state index >= 15 is 0 Å². The van der Waals surface area contributed by atoms with Crippen molar-refractivity contribution >= 4 is 32.9 Å². The van der Waals surface area contributed by atoms with E-state index in [0.29, 0.717) is 18.7 Å². The highest BCUT2D eigenvalue weighted by Crippen LogP contribution is 2.10. The number of rotatable bonds is 4. The number of pyridine rings is 1. The van der Waals surface area contributed by atoms with Gasteiger partial charge in [-0.15, -0.1) is 0 Å². The number of hydrogen-bond donors (Lipinski definition) is 2. The Bertz CT molecular complexity index is 734. The molecule has 0 aliphatic heterocycles. The van der Waals surface area contributed by atoms with E-state index in [4.69, 9.17) is 0 Å². The van der Waals surface area contributed by atoms with Gasteiger partial charge in [0.2, 0.25) is 0 Å². The molecule has 6 heteroatoms. The third-order valence-corrected chi connectivity index (χ3v) is 3.51. The zero-order valence-corrected chi connectivity index (χ0v) is 12.7. The Hall–Kier alpha value is -2.21. The molecule has 2 heterocycles. The predicted octanol–water partition coefficient (Wildman–Crippen LogP) is 2.69. The largest absolute Gasteiger partial charge is 0.350 e. The summed E-state index contributed by atoms with van der Waals surface area (Å²) in [7, 11) is 0. The van der Waals surface area contributed by atoms with Crippen LogP contribution in [0.4, 0.5) is 0 Å². The first-order chi connectivity index (χ1) is 10.2. The highest BCUT2D eigenvalue weighted by Gasteiger charge is 2.07. The van der Waals surface area contributed by atoms with Gasteiger partial charge in [0.1, 0.15) is 11.5 Å². The molecule has 1 amide bonds. The number of aromatic nitrogens is 3. The minimum atomic E-state index is -0.182. The lowest BCUT2D eigenvalue weighted by atomic mass is 10.3. The number of imidazole rings is 1. The van der Waals surface area contributed by atoms with E-state index in [1.54, 1.807) is 18.3 Å². The molecule has 0 radical (unpaired) electrons. The molecule has 0 saturated heterocycles. The zero-order chi connectivity index (χ0) is 14.7. The van der Waals surface area contributed by atoms with Crippen LogP contribution in [0.3, 0.4) is 0 Å². The lowest BCUT2D eigenvalue weighted by Crippen LogP contribution is -2.26. The molecule has 0 aliphatic carbocycles. The number of amides is 1. The molecule has 2 aromatic heterocycles. The highest BCUT2D eigenvalue weighted by atomic mass is 79.9. The number of para-hydroxylation sites is 2. The van der Waals surface area contributed by atoms with Gasteiger partial charge < -0.3 is 10.3 Å². The molecule has 0 aliphatic rings. The van der Waals surface area contributed by atoms with Crippen molar-refractivity contribution in [1.82, 2.24) is 20.3 Å². The van der Waals surface area contributed by atoms with E-state index in [1.807, 2.05) is 24.3 Å². The molecule has 3 aromatic rings. The van der Waals surface area contributed by atoms with Crippen molar-refractivity contribution < 1.29 is 4.79 Å². The number of carbonyl (C=O) groups excluding carboxylic acids is 1. The highest BCUT2D eigenvalue weighted by molar-refractivity contribution is 9.10. The topological polar surface area (TPSA) is 70.7 Å². The molecule has 106 valence electrons.